The Morgan fingerprint density at radius 1 is 1.16 bits per heavy atom. The predicted octanol–water partition coefficient (Wildman–Crippen LogP) is 3.67. The number of ether oxygens (including phenoxy) is 1. The first-order valence-corrected chi connectivity index (χ1v) is 11.3. The molecular weight excluding hydrogens is 433 g/mol. The molecule has 0 radical (unpaired) electrons. The van der Waals surface area contributed by atoms with Crippen molar-refractivity contribution >= 4 is 21.6 Å². The summed E-state index contributed by atoms with van der Waals surface area (Å²) in [4.78, 5) is 12.5. The number of benzene rings is 2. The lowest BCUT2D eigenvalue weighted by atomic mass is 10.1. The number of nitrogens with zero attached hydrogens (tertiary/aromatic N) is 1. The van der Waals surface area contributed by atoms with Gasteiger partial charge in [0.1, 0.15) is 18.4 Å². The number of nitrogens with one attached hydrogen (secondary N) is 1. The molecule has 0 bridgehead atoms. The van der Waals surface area contributed by atoms with Crippen LogP contribution in [-0.2, 0) is 21.0 Å². The quantitative estimate of drug-likeness (QED) is 0.613. The van der Waals surface area contributed by atoms with Crippen molar-refractivity contribution < 1.29 is 31.1 Å². The minimum Gasteiger partial charge on any atom is -0.491 e. The van der Waals surface area contributed by atoms with Crippen LogP contribution in [0.4, 0.5) is 18.9 Å². The fourth-order valence-electron chi connectivity index (χ4n) is 2.97. The van der Waals surface area contributed by atoms with Gasteiger partial charge in [0.05, 0.1) is 24.1 Å². The van der Waals surface area contributed by atoms with Gasteiger partial charge < -0.3 is 10.1 Å². The topological polar surface area (TPSA) is 75.7 Å². The molecule has 0 saturated heterocycles. The molecule has 0 aliphatic rings. The normalized spacial score (nSPS) is 12.9. The molecule has 0 heterocycles. The van der Waals surface area contributed by atoms with Crippen molar-refractivity contribution in [1.29, 1.82) is 0 Å². The van der Waals surface area contributed by atoms with Gasteiger partial charge in [0.25, 0.3) is 0 Å². The van der Waals surface area contributed by atoms with E-state index in [9.17, 15) is 26.4 Å². The zero-order chi connectivity index (χ0) is 23.4. The van der Waals surface area contributed by atoms with E-state index in [4.69, 9.17) is 4.74 Å². The number of halogens is 3. The standard InChI is InChI=1S/C21H25F3N2O4S/c1-14-8-9-15(2)19(12-14)30-11-10-25-20(27)16(3)26(31(4,28)29)18-7-5-6-17(13-18)21(22,23)24/h5-9,12-13,16H,10-11H2,1-4H3,(H,25,27)/t16-/m1/s1. The molecule has 1 amide bonds. The number of amides is 1. The molecule has 2 aromatic rings. The smallest absolute Gasteiger partial charge is 0.416 e. The third kappa shape index (κ3) is 6.61. The molecule has 0 aliphatic heterocycles. The average Bonchev–Trinajstić information content (AvgIpc) is 2.66. The van der Waals surface area contributed by atoms with Gasteiger partial charge in [0.2, 0.25) is 15.9 Å². The number of sulfonamides is 1. The van der Waals surface area contributed by atoms with E-state index in [-0.39, 0.29) is 18.8 Å². The molecule has 0 fully saturated rings. The first kappa shape index (κ1) is 24.5. The van der Waals surface area contributed by atoms with Crippen LogP contribution in [0.15, 0.2) is 42.5 Å². The van der Waals surface area contributed by atoms with Crippen molar-refractivity contribution in [3.05, 3.63) is 59.2 Å². The summed E-state index contributed by atoms with van der Waals surface area (Å²) < 4.78 is 69.9. The molecule has 0 aromatic heterocycles. The highest BCUT2D eigenvalue weighted by molar-refractivity contribution is 7.92. The van der Waals surface area contributed by atoms with E-state index in [1.165, 1.54) is 13.0 Å². The maximum atomic E-state index is 13.0. The van der Waals surface area contributed by atoms with Crippen LogP contribution < -0.4 is 14.4 Å². The van der Waals surface area contributed by atoms with Crippen LogP contribution in [0.1, 0.15) is 23.6 Å². The van der Waals surface area contributed by atoms with E-state index in [1.807, 2.05) is 32.0 Å². The molecule has 2 rings (SSSR count). The molecule has 2 aromatic carbocycles. The molecular formula is C21H25F3N2O4S. The lowest BCUT2D eigenvalue weighted by Crippen LogP contribution is -2.48. The van der Waals surface area contributed by atoms with E-state index in [0.717, 1.165) is 29.5 Å². The predicted molar refractivity (Wildman–Crippen MR) is 113 cm³/mol. The summed E-state index contributed by atoms with van der Waals surface area (Å²) >= 11 is 0. The number of hydrogen-bond donors (Lipinski definition) is 1. The molecule has 31 heavy (non-hydrogen) atoms. The van der Waals surface area contributed by atoms with Crippen molar-refractivity contribution in [3.8, 4) is 5.75 Å². The molecule has 0 spiro atoms. The van der Waals surface area contributed by atoms with E-state index in [0.29, 0.717) is 16.1 Å². The fourth-order valence-corrected chi connectivity index (χ4v) is 4.14. The van der Waals surface area contributed by atoms with Gasteiger partial charge in [-0.15, -0.1) is 0 Å². The second-order valence-corrected chi connectivity index (χ2v) is 9.05. The zero-order valence-corrected chi connectivity index (χ0v) is 18.5. The molecule has 10 heteroatoms. The van der Waals surface area contributed by atoms with Crippen LogP contribution in [0.2, 0.25) is 0 Å². The van der Waals surface area contributed by atoms with Crippen molar-refractivity contribution in [2.24, 2.45) is 0 Å². The summed E-state index contributed by atoms with van der Waals surface area (Å²) in [5.41, 5.74) is 0.695. The van der Waals surface area contributed by atoms with Crippen molar-refractivity contribution in [3.63, 3.8) is 0 Å². The summed E-state index contributed by atoms with van der Waals surface area (Å²) in [5, 5.41) is 2.56. The Bertz CT molecular complexity index is 1040. The van der Waals surface area contributed by atoms with Gasteiger partial charge in [-0.2, -0.15) is 13.2 Å². The molecule has 1 atom stereocenters. The molecule has 0 aliphatic carbocycles. The van der Waals surface area contributed by atoms with E-state index >= 15 is 0 Å². The van der Waals surface area contributed by atoms with Crippen LogP contribution in [0, 0.1) is 13.8 Å². The van der Waals surface area contributed by atoms with Crippen LogP contribution >= 0.6 is 0 Å². The third-order valence-electron chi connectivity index (χ3n) is 4.52. The minimum atomic E-state index is -4.64. The second kappa shape index (κ2) is 9.59. The highest BCUT2D eigenvalue weighted by Gasteiger charge is 2.34. The van der Waals surface area contributed by atoms with Gasteiger partial charge in [-0.1, -0.05) is 18.2 Å². The SMILES string of the molecule is Cc1ccc(C)c(OCCNC(=O)[C@@H](C)N(c2cccc(C(F)(F)F)c2)S(C)(=O)=O)c1. The van der Waals surface area contributed by atoms with E-state index < -0.39 is 33.7 Å². The van der Waals surface area contributed by atoms with E-state index in [2.05, 4.69) is 5.32 Å². The van der Waals surface area contributed by atoms with Crippen molar-refractivity contribution in [2.45, 2.75) is 33.0 Å². The number of carbonyl (C=O) groups is 1. The summed E-state index contributed by atoms with van der Waals surface area (Å²) in [5.74, 6) is 0.0106. The minimum absolute atomic E-state index is 0.0940. The molecule has 0 saturated carbocycles. The Labute approximate surface area is 180 Å². The van der Waals surface area contributed by atoms with Gasteiger partial charge in [0.15, 0.2) is 0 Å². The number of anilines is 1. The lowest BCUT2D eigenvalue weighted by Gasteiger charge is -2.28. The van der Waals surface area contributed by atoms with Crippen LogP contribution in [0.25, 0.3) is 0 Å². The molecule has 0 unspecified atom stereocenters. The van der Waals surface area contributed by atoms with Crippen molar-refractivity contribution in [2.75, 3.05) is 23.7 Å². The monoisotopic (exact) mass is 458 g/mol. The lowest BCUT2D eigenvalue weighted by molar-refractivity contribution is -0.137. The maximum Gasteiger partial charge on any atom is 0.416 e. The number of aryl methyl sites for hydroxylation is 2. The Hall–Kier alpha value is -2.75. The summed E-state index contributed by atoms with van der Waals surface area (Å²) in [6, 6.07) is 8.29. The molecule has 6 nitrogen and oxygen atoms in total. The van der Waals surface area contributed by atoms with Gasteiger partial charge in [-0.05, 0) is 56.2 Å². The van der Waals surface area contributed by atoms with Crippen molar-refractivity contribution in [1.82, 2.24) is 5.32 Å². The van der Waals surface area contributed by atoms with Gasteiger partial charge in [-0.3, -0.25) is 9.10 Å². The summed E-state index contributed by atoms with van der Waals surface area (Å²) in [6.07, 6.45) is -3.81. The van der Waals surface area contributed by atoms with Crippen LogP contribution in [-0.4, -0.2) is 39.8 Å². The second-order valence-electron chi connectivity index (χ2n) is 7.19. The van der Waals surface area contributed by atoms with Gasteiger partial charge in [0, 0.05) is 0 Å². The Morgan fingerprint density at radius 2 is 1.84 bits per heavy atom. The summed E-state index contributed by atoms with van der Waals surface area (Å²) in [6.45, 7) is 5.35. The van der Waals surface area contributed by atoms with Crippen LogP contribution in [0.5, 0.6) is 5.75 Å². The fraction of sp³-hybridized carbons (Fsp3) is 0.381. The molecule has 1 N–H and O–H groups in total. The Morgan fingerprint density at radius 3 is 2.45 bits per heavy atom. The Balaban J connectivity index is 2.09. The molecule has 170 valence electrons. The average molecular weight is 459 g/mol. The van der Waals surface area contributed by atoms with E-state index in [1.54, 1.807) is 0 Å². The van der Waals surface area contributed by atoms with Crippen LogP contribution in [0.3, 0.4) is 0 Å². The van der Waals surface area contributed by atoms with Gasteiger partial charge in [-0.25, -0.2) is 8.42 Å². The highest BCUT2D eigenvalue weighted by atomic mass is 32.2. The largest absolute Gasteiger partial charge is 0.491 e. The third-order valence-corrected chi connectivity index (χ3v) is 5.76. The number of hydrogen-bond acceptors (Lipinski definition) is 4. The zero-order valence-electron chi connectivity index (χ0n) is 17.7. The first-order chi connectivity index (χ1) is 14.3. The number of carbonyl (C=O) groups excluding carboxylic acids is 1. The highest BCUT2D eigenvalue weighted by Crippen LogP contribution is 2.32. The Kier molecular flexibility index (Phi) is 7.58. The number of rotatable bonds is 8. The van der Waals surface area contributed by atoms with Gasteiger partial charge >= 0.3 is 6.18 Å². The first-order valence-electron chi connectivity index (χ1n) is 9.45. The summed E-state index contributed by atoms with van der Waals surface area (Å²) in [7, 11) is -4.03. The maximum absolute atomic E-state index is 13.0. The number of alkyl halides is 3.